The fraction of sp³-hybridized carbons (Fsp3) is 0.261. The first-order valence-corrected chi connectivity index (χ1v) is 10.3. The van der Waals surface area contributed by atoms with E-state index in [0.29, 0.717) is 11.3 Å². The molecule has 0 fully saturated rings. The summed E-state index contributed by atoms with van der Waals surface area (Å²) < 4.78 is 52.4. The second-order valence-electron chi connectivity index (χ2n) is 7.51. The molecule has 3 rings (SSSR count). The van der Waals surface area contributed by atoms with Gasteiger partial charge in [0, 0.05) is 35.1 Å². The van der Waals surface area contributed by atoms with Crippen LogP contribution in [0.1, 0.15) is 35.2 Å². The van der Waals surface area contributed by atoms with Crippen LogP contribution in [-0.2, 0) is 12.2 Å². The third-order valence-corrected chi connectivity index (χ3v) is 5.56. The molecule has 11 heteroatoms. The van der Waals surface area contributed by atoms with Gasteiger partial charge in [-0.05, 0) is 53.9 Å². The third-order valence-electron chi connectivity index (χ3n) is 5.23. The smallest absolute Gasteiger partial charge is 0.489 e. The first-order valence-electron chi connectivity index (χ1n) is 9.92. The Morgan fingerprint density at radius 2 is 1.82 bits per heavy atom. The van der Waals surface area contributed by atoms with Crippen molar-refractivity contribution in [3.8, 4) is 11.6 Å². The number of rotatable bonds is 7. The number of pyridine rings is 2. The topological polar surface area (TPSA) is 102 Å². The van der Waals surface area contributed by atoms with Gasteiger partial charge < -0.3 is 19.7 Å². The summed E-state index contributed by atoms with van der Waals surface area (Å²) in [7, 11) is 0. The number of nitrogens with zero attached hydrogens (tertiary/aromatic N) is 2. The molecule has 2 aromatic heterocycles. The fourth-order valence-corrected chi connectivity index (χ4v) is 3.80. The van der Waals surface area contributed by atoms with Gasteiger partial charge in [-0.15, -0.1) is 0 Å². The van der Waals surface area contributed by atoms with E-state index in [-0.39, 0.29) is 34.4 Å². The molecular weight excluding hydrogens is 477 g/mol. The van der Waals surface area contributed by atoms with Crippen molar-refractivity contribution < 1.29 is 37.7 Å². The van der Waals surface area contributed by atoms with E-state index < -0.39 is 23.9 Å². The summed E-state index contributed by atoms with van der Waals surface area (Å²) in [6, 6.07) is 9.39. The second-order valence-corrected chi connectivity index (χ2v) is 7.92. The van der Waals surface area contributed by atoms with Gasteiger partial charge in [-0.25, -0.2) is 9.78 Å². The molecule has 2 heterocycles. The molecule has 1 aromatic carbocycles. The van der Waals surface area contributed by atoms with Gasteiger partial charge in [0.2, 0.25) is 5.88 Å². The lowest BCUT2D eigenvalue weighted by atomic mass is 9.78. The number of halogens is 4. The van der Waals surface area contributed by atoms with Crippen LogP contribution in [0.15, 0.2) is 54.9 Å². The van der Waals surface area contributed by atoms with Crippen molar-refractivity contribution in [3.05, 3.63) is 82.3 Å². The minimum absolute atomic E-state index is 0.00743. The average Bonchev–Trinajstić information content (AvgIpc) is 2.76. The molecule has 34 heavy (non-hydrogen) atoms. The lowest BCUT2D eigenvalue weighted by Crippen LogP contribution is -2.46. The van der Waals surface area contributed by atoms with Gasteiger partial charge in [-0.2, -0.15) is 13.2 Å². The number of benzene rings is 1. The van der Waals surface area contributed by atoms with E-state index in [1.54, 1.807) is 6.07 Å². The third kappa shape index (κ3) is 5.40. The molecule has 0 radical (unpaired) electrons. The van der Waals surface area contributed by atoms with Gasteiger partial charge in [0.15, 0.2) is 5.60 Å². The molecule has 0 bridgehead atoms. The number of aromatic nitrogens is 2. The lowest BCUT2D eigenvalue weighted by Gasteiger charge is -2.37. The summed E-state index contributed by atoms with van der Waals surface area (Å²) >= 11 is 6.30. The molecule has 0 aliphatic carbocycles. The summed E-state index contributed by atoms with van der Waals surface area (Å²) in [5, 5.41) is 19.5. The van der Waals surface area contributed by atoms with Gasteiger partial charge >= 0.3 is 12.3 Å². The van der Waals surface area contributed by atoms with Crippen LogP contribution in [0.3, 0.4) is 0 Å². The summed E-state index contributed by atoms with van der Waals surface area (Å²) in [5.41, 5.74) is -2.60. The fourth-order valence-electron chi connectivity index (χ4n) is 3.47. The maximum absolute atomic E-state index is 14.1. The Hall–Kier alpha value is -3.37. The highest BCUT2D eigenvalue weighted by molar-refractivity contribution is 6.31. The molecule has 2 N–H and O–H groups in total. The molecule has 2 atom stereocenters. The van der Waals surface area contributed by atoms with Crippen LogP contribution in [0.5, 0.6) is 11.6 Å². The first-order chi connectivity index (χ1) is 15.9. The molecule has 0 aliphatic rings. The van der Waals surface area contributed by atoms with E-state index in [1.165, 1.54) is 56.6 Å². The number of hydrogen-bond donors (Lipinski definition) is 2. The van der Waals surface area contributed by atoms with E-state index >= 15 is 0 Å². The van der Waals surface area contributed by atoms with Crippen molar-refractivity contribution in [2.75, 3.05) is 0 Å². The monoisotopic (exact) mass is 496 g/mol. The van der Waals surface area contributed by atoms with Crippen LogP contribution in [0.4, 0.5) is 18.0 Å². The molecule has 2 unspecified atom stereocenters. The molecule has 0 aliphatic heterocycles. The van der Waals surface area contributed by atoms with Crippen molar-refractivity contribution in [1.29, 1.82) is 0 Å². The minimum atomic E-state index is -4.99. The molecule has 7 nitrogen and oxygen atoms in total. The van der Waals surface area contributed by atoms with Crippen molar-refractivity contribution in [2.45, 2.75) is 38.1 Å². The minimum Gasteiger partial charge on any atom is -0.489 e. The van der Waals surface area contributed by atoms with Gasteiger partial charge in [-0.3, -0.25) is 4.98 Å². The van der Waals surface area contributed by atoms with Crippen LogP contribution >= 0.6 is 11.6 Å². The normalized spacial score (nSPS) is 14.2. The highest BCUT2D eigenvalue weighted by Crippen LogP contribution is 2.50. The summed E-state index contributed by atoms with van der Waals surface area (Å²) in [6.07, 6.45) is -3.95. The Kier molecular flexibility index (Phi) is 7.32. The molecule has 0 spiro atoms. The molecule has 0 saturated carbocycles. The summed E-state index contributed by atoms with van der Waals surface area (Å²) in [4.78, 5) is 18.3. The average molecular weight is 497 g/mol. The van der Waals surface area contributed by atoms with Crippen molar-refractivity contribution in [1.82, 2.24) is 9.97 Å². The molecular formula is C23H20ClF3N2O5. The van der Waals surface area contributed by atoms with E-state index in [9.17, 15) is 23.1 Å². The zero-order valence-corrected chi connectivity index (χ0v) is 18.8. The summed E-state index contributed by atoms with van der Waals surface area (Å²) in [6.45, 7) is 2.77. The summed E-state index contributed by atoms with van der Waals surface area (Å²) in [5.74, 6) is -1.32. The van der Waals surface area contributed by atoms with Crippen LogP contribution in [0.2, 0.25) is 5.02 Å². The van der Waals surface area contributed by atoms with E-state index in [0.717, 1.165) is 6.07 Å². The van der Waals surface area contributed by atoms with Crippen molar-refractivity contribution in [2.24, 2.45) is 0 Å². The number of carbonyl (C=O) groups is 1. The maximum atomic E-state index is 14.1. The Labute approximate surface area is 197 Å². The molecule has 180 valence electrons. The first kappa shape index (κ1) is 25.3. The van der Waals surface area contributed by atoms with E-state index in [4.69, 9.17) is 21.4 Å². The predicted molar refractivity (Wildman–Crippen MR) is 116 cm³/mol. The molecule has 0 saturated heterocycles. The quantitative estimate of drug-likeness (QED) is 0.409. The van der Waals surface area contributed by atoms with Gasteiger partial charge in [-0.1, -0.05) is 24.6 Å². The standard InChI is InChI=1S/C23H20ClF3N2O5/c1-13-9-16(6-8-28-13)22(32,23(25,26)27)14(2)18-4-3-17(11-19(18)24)33-12-15-5-7-29-20(10-15)34-21(30)31/h3-11,14,32H,12H2,1-2H3,(H,30,31). The van der Waals surface area contributed by atoms with Crippen molar-refractivity contribution in [3.63, 3.8) is 0 Å². The number of alkyl halides is 3. The molecule has 0 amide bonds. The highest BCUT2D eigenvalue weighted by atomic mass is 35.5. The lowest BCUT2D eigenvalue weighted by molar-refractivity contribution is -0.274. The van der Waals surface area contributed by atoms with Crippen LogP contribution in [-0.4, -0.2) is 32.5 Å². The van der Waals surface area contributed by atoms with Crippen LogP contribution < -0.4 is 9.47 Å². The Balaban J connectivity index is 1.84. The number of hydrogen-bond acceptors (Lipinski definition) is 6. The SMILES string of the molecule is Cc1cc(C(O)(C(C)c2ccc(OCc3ccnc(OC(=O)O)c3)cc2Cl)C(F)(F)F)ccn1. The van der Waals surface area contributed by atoms with Gasteiger partial charge in [0.1, 0.15) is 12.4 Å². The Morgan fingerprint density at radius 1 is 1.12 bits per heavy atom. The zero-order valence-electron chi connectivity index (χ0n) is 18.0. The predicted octanol–water partition coefficient (Wildman–Crippen LogP) is 5.63. The highest BCUT2D eigenvalue weighted by Gasteiger charge is 2.59. The number of aliphatic hydroxyl groups is 1. The number of ether oxygens (including phenoxy) is 2. The van der Waals surface area contributed by atoms with Gasteiger partial charge in [0.05, 0.1) is 0 Å². The largest absolute Gasteiger partial charge is 0.512 e. The zero-order chi connectivity index (χ0) is 25.1. The van der Waals surface area contributed by atoms with Crippen LogP contribution in [0, 0.1) is 6.92 Å². The second kappa shape index (κ2) is 9.86. The van der Waals surface area contributed by atoms with Gasteiger partial charge in [0.25, 0.3) is 0 Å². The number of carboxylic acid groups (broad SMARTS) is 1. The molecule has 3 aromatic rings. The number of aryl methyl sites for hydroxylation is 1. The Bertz CT molecular complexity index is 1190. The van der Waals surface area contributed by atoms with Crippen molar-refractivity contribution >= 4 is 17.8 Å². The Morgan fingerprint density at radius 3 is 2.44 bits per heavy atom. The maximum Gasteiger partial charge on any atom is 0.512 e. The van der Waals surface area contributed by atoms with Crippen LogP contribution in [0.25, 0.3) is 0 Å². The van der Waals surface area contributed by atoms with E-state index in [1.807, 2.05) is 0 Å². The van der Waals surface area contributed by atoms with E-state index in [2.05, 4.69) is 14.7 Å².